The predicted octanol–water partition coefficient (Wildman–Crippen LogP) is 5.08. The van der Waals surface area contributed by atoms with Gasteiger partial charge in [0.05, 0.1) is 18.5 Å². The van der Waals surface area contributed by atoms with Gasteiger partial charge in [-0.05, 0) is 54.1 Å². The first kappa shape index (κ1) is 21.8. The lowest BCUT2D eigenvalue weighted by Crippen LogP contribution is -2.46. The average molecular weight is 464 g/mol. The van der Waals surface area contributed by atoms with E-state index in [2.05, 4.69) is 5.32 Å². The standard InChI is InChI=1S/C26H29N3O3S/c1-32-20-12-10-18(11-13-20)17-29-23(25(30)27-19-7-4-2-3-5-8-19)21-9-6-15-28(21)22-14-16-33-24(22)26(29)31/h6,9-16,19,23H,2-5,7-8,17H2,1H3,(H,27,30)/t23-/m1/s1. The maximum absolute atomic E-state index is 13.8. The minimum absolute atomic E-state index is 0.0983. The van der Waals surface area contributed by atoms with Crippen LogP contribution in [0.1, 0.15) is 65.5 Å². The molecule has 0 unspecified atom stereocenters. The third-order valence-corrected chi connectivity index (χ3v) is 7.58. The van der Waals surface area contributed by atoms with Crippen molar-refractivity contribution in [2.75, 3.05) is 7.11 Å². The molecule has 172 valence electrons. The highest BCUT2D eigenvalue weighted by Crippen LogP contribution is 2.36. The Morgan fingerprint density at radius 1 is 1.09 bits per heavy atom. The number of rotatable bonds is 5. The van der Waals surface area contributed by atoms with Crippen molar-refractivity contribution >= 4 is 23.2 Å². The lowest BCUT2D eigenvalue weighted by molar-refractivity contribution is -0.127. The normalized spacial score (nSPS) is 18.8. The molecule has 1 N–H and O–H groups in total. The van der Waals surface area contributed by atoms with E-state index < -0.39 is 6.04 Å². The van der Waals surface area contributed by atoms with Crippen LogP contribution in [0.5, 0.6) is 5.75 Å². The Kier molecular flexibility index (Phi) is 6.22. The number of hydrogen-bond donors (Lipinski definition) is 1. The van der Waals surface area contributed by atoms with Gasteiger partial charge >= 0.3 is 0 Å². The largest absolute Gasteiger partial charge is 0.497 e. The summed E-state index contributed by atoms with van der Waals surface area (Å²) in [7, 11) is 1.63. The lowest BCUT2D eigenvalue weighted by atomic mass is 10.1. The SMILES string of the molecule is COc1ccc(CN2C(=O)c3sccc3-n3cccc3[C@@H]2C(=O)NC2CCCCCC2)cc1. The van der Waals surface area contributed by atoms with E-state index in [9.17, 15) is 9.59 Å². The summed E-state index contributed by atoms with van der Waals surface area (Å²) in [4.78, 5) is 29.9. The number of amides is 2. The summed E-state index contributed by atoms with van der Waals surface area (Å²) in [6.45, 7) is 0.341. The van der Waals surface area contributed by atoms with Crippen molar-refractivity contribution in [1.29, 1.82) is 0 Å². The third kappa shape index (κ3) is 4.29. The number of nitrogens with one attached hydrogen (secondary N) is 1. The van der Waals surface area contributed by atoms with Crippen LogP contribution in [0.3, 0.4) is 0 Å². The van der Waals surface area contributed by atoms with Crippen molar-refractivity contribution < 1.29 is 14.3 Å². The number of fused-ring (bicyclic) bond motifs is 3. The molecule has 1 aromatic carbocycles. The summed E-state index contributed by atoms with van der Waals surface area (Å²) in [5.41, 5.74) is 2.61. The first-order valence-corrected chi connectivity index (χ1v) is 12.5. The highest BCUT2D eigenvalue weighted by atomic mass is 32.1. The van der Waals surface area contributed by atoms with Crippen LogP contribution in [-0.4, -0.2) is 34.4 Å². The van der Waals surface area contributed by atoms with Gasteiger partial charge in [-0.3, -0.25) is 9.59 Å². The smallest absolute Gasteiger partial charge is 0.267 e. The zero-order chi connectivity index (χ0) is 22.8. The Labute approximate surface area is 198 Å². The van der Waals surface area contributed by atoms with E-state index in [1.165, 1.54) is 24.2 Å². The van der Waals surface area contributed by atoms with Gasteiger partial charge in [-0.2, -0.15) is 0 Å². The topological polar surface area (TPSA) is 63.6 Å². The lowest BCUT2D eigenvalue weighted by Gasteiger charge is -2.31. The Hall–Kier alpha value is -3.06. The highest BCUT2D eigenvalue weighted by Gasteiger charge is 2.39. The Morgan fingerprint density at radius 2 is 1.85 bits per heavy atom. The molecule has 0 spiro atoms. The molecule has 33 heavy (non-hydrogen) atoms. The molecular weight excluding hydrogens is 434 g/mol. The molecule has 2 aliphatic rings. The number of aromatic nitrogens is 1. The minimum atomic E-state index is -0.697. The van der Waals surface area contributed by atoms with Crippen LogP contribution < -0.4 is 10.1 Å². The fourth-order valence-corrected chi connectivity index (χ4v) is 5.80. The number of ether oxygens (including phenoxy) is 1. The quantitative estimate of drug-likeness (QED) is 0.537. The average Bonchev–Trinajstić information content (AvgIpc) is 3.41. The third-order valence-electron chi connectivity index (χ3n) is 6.69. The van der Waals surface area contributed by atoms with Gasteiger partial charge in [0, 0.05) is 18.8 Å². The van der Waals surface area contributed by atoms with E-state index in [1.807, 2.05) is 58.6 Å². The molecule has 2 amide bonds. The Morgan fingerprint density at radius 3 is 2.58 bits per heavy atom. The van der Waals surface area contributed by atoms with Crippen molar-refractivity contribution in [1.82, 2.24) is 14.8 Å². The van der Waals surface area contributed by atoms with Crippen molar-refractivity contribution in [3.05, 3.63) is 70.2 Å². The summed E-state index contributed by atoms with van der Waals surface area (Å²) in [6.07, 6.45) is 8.66. The number of hydrogen-bond acceptors (Lipinski definition) is 4. The molecule has 1 fully saturated rings. The second kappa shape index (κ2) is 9.43. The van der Waals surface area contributed by atoms with E-state index in [4.69, 9.17) is 4.74 Å². The van der Waals surface area contributed by atoms with Crippen LogP contribution in [0.15, 0.2) is 54.0 Å². The van der Waals surface area contributed by atoms with Crippen LogP contribution in [0.25, 0.3) is 5.69 Å². The second-order valence-electron chi connectivity index (χ2n) is 8.82. The number of benzene rings is 1. The van der Waals surface area contributed by atoms with Gasteiger partial charge in [0.25, 0.3) is 5.91 Å². The van der Waals surface area contributed by atoms with E-state index >= 15 is 0 Å². The number of methoxy groups -OCH3 is 1. The molecule has 1 saturated carbocycles. The highest BCUT2D eigenvalue weighted by molar-refractivity contribution is 7.12. The summed E-state index contributed by atoms with van der Waals surface area (Å²) < 4.78 is 7.28. The Bertz CT molecular complexity index is 1130. The molecule has 0 saturated heterocycles. The molecule has 5 rings (SSSR count). The van der Waals surface area contributed by atoms with Crippen molar-refractivity contribution in [3.63, 3.8) is 0 Å². The molecule has 1 atom stereocenters. The monoisotopic (exact) mass is 463 g/mol. The second-order valence-corrected chi connectivity index (χ2v) is 9.73. The van der Waals surface area contributed by atoms with Crippen molar-refractivity contribution in [3.8, 4) is 11.4 Å². The van der Waals surface area contributed by atoms with Crippen LogP contribution in [0, 0.1) is 0 Å². The Balaban J connectivity index is 1.52. The van der Waals surface area contributed by atoms with Gasteiger partial charge < -0.3 is 19.5 Å². The van der Waals surface area contributed by atoms with Crippen molar-refractivity contribution in [2.45, 2.75) is 57.2 Å². The summed E-state index contributed by atoms with van der Waals surface area (Å²) >= 11 is 1.42. The van der Waals surface area contributed by atoms with Crippen LogP contribution >= 0.6 is 11.3 Å². The van der Waals surface area contributed by atoms with Gasteiger partial charge in [0.15, 0.2) is 6.04 Å². The van der Waals surface area contributed by atoms with E-state index in [-0.39, 0.29) is 17.9 Å². The molecule has 7 heteroatoms. The van der Waals surface area contributed by atoms with E-state index in [0.717, 1.165) is 48.4 Å². The fraction of sp³-hybridized carbons (Fsp3) is 0.385. The van der Waals surface area contributed by atoms with Crippen LogP contribution in [0.4, 0.5) is 0 Å². The van der Waals surface area contributed by atoms with E-state index in [0.29, 0.717) is 11.4 Å². The molecule has 0 bridgehead atoms. The van der Waals surface area contributed by atoms with E-state index in [1.54, 1.807) is 12.0 Å². The van der Waals surface area contributed by atoms with Crippen LogP contribution in [0.2, 0.25) is 0 Å². The fourth-order valence-electron chi connectivity index (χ4n) is 4.97. The molecule has 6 nitrogen and oxygen atoms in total. The summed E-state index contributed by atoms with van der Waals surface area (Å²) in [6, 6.07) is 13.0. The van der Waals surface area contributed by atoms with Gasteiger partial charge in [0.2, 0.25) is 5.91 Å². The van der Waals surface area contributed by atoms with Crippen molar-refractivity contribution in [2.24, 2.45) is 0 Å². The zero-order valence-electron chi connectivity index (χ0n) is 18.8. The summed E-state index contributed by atoms with van der Waals surface area (Å²) in [5, 5.41) is 5.23. The number of nitrogens with zero attached hydrogens (tertiary/aromatic N) is 2. The first-order chi connectivity index (χ1) is 16.2. The predicted molar refractivity (Wildman–Crippen MR) is 129 cm³/mol. The summed E-state index contributed by atoms with van der Waals surface area (Å²) in [5.74, 6) is 0.553. The maximum atomic E-state index is 13.8. The number of carbonyl (C=O) groups excluding carboxylic acids is 2. The zero-order valence-corrected chi connectivity index (χ0v) is 19.6. The minimum Gasteiger partial charge on any atom is -0.497 e. The number of carbonyl (C=O) groups is 2. The van der Waals surface area contributed by atoms with Gasteiger partial charge in [-0.25, -0.2) is 0 Å². The molecule has 1 aliphatic carbocycles. The first-order valence-electron chi connectivity index (χ1n) is 11.6. The molecular formula is C26H29N3O3S. The molecule has 0 radical (unpaired) electrons. The molecule has 3 heterocycles. The van der Waals surface area contributed by atoms with Gasteiger partial charge in [-0.15, -0.1) is 11.3 Å². The maximum Gasteiger partial charge on any atom is 0.267 e. The van der Waals surface area contributed by atoms with Crippen LogP contribution in [-0.2, 0) is 11.3 Å². The number of thiophene rings is 1. The van der Waals surface area contributed by atoms with Gasteiger partial charge in [0.1, 0.15) is 10.6 Å². The molecule has 3 aromatic rings. The molecule has 1 aliphatic heterocycles. The van der Waals surface area contributed by atoms with Gasteiger partial charge in [-0.1, -0.05) is 37.8 Å². The molecule has 2 aromatic heterocycles.